The lowest BCUT2D eigenvalue weighted by Crippen LogP contribution is -2.45. The van der Waals surface area contributed by atoms with E-state index in [1.165, 1.54) is 0 Å². The first-order chi connectivity index (χ1) is 18.0. The van der Waals surface area contributed by atoms with E-state index in [4.69, 9.17) is 31.6 Å². The largest absolute Gasteiger partial charge is 0.489 e. The number of aromatic nitrogens is 1. The highest BCUT2D eigenvalue weighted by molar-refractivity contribution is 6.32. The van der Waals surface area contributed by atoms with Crippen molar-refractivity contribution >= 4 is 34.7 Å². The molecule has 1 aliphatic rings. The van der Waals surface area contributed by atoms with Gasteiger partial charge in [-0.3, -0.25) is 15.2 Å². The first-order valence-electron chi connectivity index (χ1n) is 12.0. The number of nitrogens with one attached hydrogen (secondary N) is 3. The van der Waals surface area contributed by atoms with Gasteiger partial charge in [-0.15, -0.1) is 0 Å². The van der Waals surface area contributed by atoms with Crippen molar-refractivity contribution in [2.45, 2.75) is 25.6 Å². The molecule has 1 saturated heterocycles. The van der Waals surface area contributed by atoms with Crippen molar-refractivity contribution in [2.24, 2.45) is 0 Å². The number of amidine groups is 1. The molecule has 1 amide bonds. The zero-order valence-electron chi connectivity index (χ0n) is 20.5. The van der Waals surface area contributed by atoms with Crippen LogP contribution in [0.15, 0.2) is 60.8 Å². The smallest absolute Gasteiger partial charge is 0.248 e. The number of rotatable bonds is 9. The summed E-state index contributed by atoms with van der Waals surface area (Å²) in [5.41, 5.74) is 2.81. The van der Waals surface area contributed by atoms with Crippen LogP contribution in [0, 0.1) is 5.41 Å². The predicted molar refractivity (Wildman–Crippen MR) is 144 cm³/mol. The molecule has 10 heteroatoms. The third-order valence-corrected chi connectivity index (χ3v) is 6.30. The van der Waals surface area contributed by atoms with E-state index in [1.807, 2.05) is 30.3 Å². The number of piperidine rings is 1. The summed E-state index contributed by atoms with van der Waals surface area (Å²) in [4.78, 5) is 17.7. The standard InChI is InChI=1S/C27H30ClN5O4/c1-30-24-9-8-20(37-21-6-4-12-33(15-21)26(35)16-34)14-22(24)27(29)32-18-7-10-25(23(28)13-18)36-17-19-5-2-3-11-31-19/h2-3,5,7-11,13-14,21,30,34H,4,6,12,15-17H2,1H3,(H2,29,32)/t21-/m0/s1. The third-order valence-electron chi connectivity index (χ3n) is 6.00. The highest BCUT2D eigenvalue weighted by Crippen LogP contribution is 2.30. The van der Waals surface area contributed by atoms with Crippen molar-refractivity contribution in [1.29, 1.82) is 5.41 Å². The van der Waals surface area contributed by atoms with Crippen LogP contribution in [-0.2, 0) is 11.4 Å². The van der Waals surface area contributed by atoms with Crippen LogP contribution in [0.4, 0.5) is 11.4 Å². The van der Waals surface area contributed by atoms with Crippen molar-refractivity contribution in [3.8, 4) is 11.5 Å². The SMILES string of the molecule is CNc1ccc(O[C@H]2CCCN(C(=O)CO)C2)cc1C(=N)Nc1ccc(OCc2ccccn2)c(Cl)c1. The van der Waals surface area contributed by atoms with Gasteiger partial charge in [0.2, 0.25) is 5.91 Å². The van der Waals surface area contributed by atoms with Crippen molar-refractivity contribution in [3.63, 3.8) is 0 Å². The Morgan fingerprint density at radius 3 is 2.84 bits per heavy atom. The molecule has 37 heavy (non-hydrogen) atoms. The number of hydrogen-bond acceptors (Lipinski definition) is 7. The second-order valence-corrected chi connectivity index (χ2v) is 9.00. The third kappa shape index (κ3) is 6.90. The molecule has 1 atom stereocenters. The summed E-state index contributed by atoms with van der Waals surface area (Å²) < 4.78 is 11.9. The number of ether oxygens (including phenoxy) is 2. The quantitative estimate of drug-likeness (QED) is 0.245. The van der Waals surface area contributed by atoms with Crippen molar-refractivity contribution in [1.82, 2.24) is 9.88 Å². The van der Waals surface area contributed by atoms with Gasteiger partial charge in [0, 0.05) is 36.7 Å². The molecule has 0 bridgehead atoms. The zero-order valence-corrected chi connectivity index (χ0v) is 21.3. The van der Waals surface area contributed by atoms with Crippen molar-refractivity contribution in [3.05, 3.63) is 77.1 Å². The van der Waals surface area contributed by atoms with E-state index >= 15 is 0 Å². The lowest BCUT2D eigenvalue weighted by Gasteiger charge is -2.32. The minimum absolute atomic E-state index is 0.161. The summed E-state index contributed by atoms with van der Waals surface area (Å²) >= 11 is 6.43. The average molecular weight is 524 g/mol. The Morgan fingerprint density at radius 1 is 1.24 bits per heavy atom. The molecule has 0 unspecified atom stereocenters. The first kappa shape index (κ1) is 26.2. The Bertz CT molecular complexity index is 1240. The monoisotopic (exact) mass is 523 g/mol. The van der Waals surface area contributed by atoms with Crippen LogP contribution >= 0.6 is 11.6 Å². The number of aliphatic hydroxyl groups excluding tert-OH is 1. The van der Waals surface area contributed by atoms with E-state index in [2.05, 4.69) is 15.6 Å². The Balaban J connectivity index is 1.42. The molecule has 0 saturated carbocycles. The molecular formula is C27H30ClN5O4. The second kappa shape index (κ2) is 12.4. The lowest BCUT2D eigenvalue weighted by atomic mass is 10.1. The average Bonchev–Trinajstić information content (AvgIpc) is 2.92. The minimum atomic E-state index is -0.502. The van der Waals surface area contributed by atoms with E-state index in [0.29, 0.717) is 47.5 Å². The molecule has 0 radical (unpaired) electrons. The molecule has 3 aromatic rings. The van der Waals surface area contributed by atoms with Crippen LogP contribution in [0.25, 0.3) is 0 Å². The molecule has 0 aliphatic carbocycles. The summed E-state index contributed by atoms with van der Waals surface area (Å²) in [5, 5.41) is 24.5. The molecule has 9 nitrogen and oxygen atoms in total. The van der Waals surface area contributed by atoms with Crippen molar-refractivity contribution < 1.29 is 19.4 Å². The van der Waals surface area contributed by atoms with E-state index < -0.39 is 6.61 Å². The van der Waals surface area contributed by atoms with Gasteiger partial charge in [0.05, 0.1) is 17.3 Å². The van der Waals surface area contributed by atoms with Gasteiger partial charge >= 0.3 is 0 Å². The Labute approximate surface area is 220 Å². The van der Waals surface area contributed by atoms with Gasteiger partial charge in [-0.2, -0.15) is 0 Å². The number of carbonyl (C=O) groups excluding carboxylic acids is 1. The number of pyridine rings is 1. The van der Waals surface area contributed by atoms with Gasteiger partial charge in [-0.25, -0.2) is 0 Å². The molecule has 1 aliphatic heterocycles. The fourth-order valence-corrected chi connectivity index (χ4v) is 4.35. The fraction of sp³-hybridized carbons (Fsp3) is 0.296. The number of hydrogen-bond donors (Lipinski definition) is 4. The highest BCUT2D eigenvalue weighted by Gasteiger charge is 2.24. The van der Waals surface area contributed by atoms with Gasteiger partial charge in [0.15, 0.2) is 0 Å². The predicted octanol–water partition coefficient (Wildman–Crippen LogP) is 4.16. The number of benzene rings is 2. The molecular weight excluding hydrogens is 494 g/mol. The number of carbonyl (C=O) groups is 1. The minimum Gasteiger partial charge on any atom is -0.489 e. The molecule has 4 rings (SSSR count). The zero-order chi connectivity index (χ0) is 26.2. The maximum Gasteiger partial charge on any atom is 0.248 e. The van der Waals surface area contributed by atoms with Crippen LogP contribution < -0.4 is 20.1 Å². The number of nitrogens with zero attached hydrogens (tertiary/aromatic N) is 2. The Kier molecular flexibility index (Phi) is 8.81. The first-order valence-corrected chi connectivity index (χ1v) is 12.4. The summed E-state index contributed by atoms with van der Waals surface area (Å²) in [6.07, 6.45) is 3.14. The molecule has 2 aromatic carbocycles. The van der Waals surface area contributed by atoms with Gasteiger partial charge in [-0.05, 0) is 61.4 Å². The Morgan fingerprint density at radius 2 is 2.11 bits per heavy atom. The second-order valence-electron chi connectivity index (χ2n) is 8.59. The van der Waals surface area contributed by atoms with E-state index in [9.17, 15) is 4.79 Å². The maximum atomic E-state index is 11.9. The molecule has 4 N–H and O–H groups in total. The topological polar surface area (TPSA) is 120 Å². The van der Waals surface area contributed by atoms with Gasteiger partial charge in [0.25, 0.3) is 0 Å². The number of amides is 1. The normalized spacial score (nSPS) is 15.1. The fourth-order valence-electron chi connectivity index (χ4n) is 4.12. The molecule has 1 aromatic heterocycles. The summed E-state index contributed by atoms with van der Waals surface area (Å²) in [6, 6.07) is 16.3. The highest BCUT2D eigenvalue weighted by atomic mass is 35.5. The summed E-state index contributed by atoms with van der Waals surface area (Å²) in [7, 11) is 1.79. The molecule has 194 valence electrons. The summed E-state index contributed by atoms with van der Waals surface area (Å²) in [5.74, 6) is 0.989. The molecule has 1 fully saturated rings. The van der Waals surface area contributed by atoms with E-state index in [1.54, 1.807) is 42.4 Å². The van der Waals surface area contributed by atoms with Gasteiger partial charge in [0.1, 0.15) is 36.7 Å². The van der Waals surface area contributed by atoms with Crippen LogP contribution in [0.2, 0.25) is 5.02 Å². The van der Waals surface area contributed by atoms with Crippen LogP contribution in [0.5, 0.6) is 11.5 Å². The van der Waals surface area contributed by atoms with Gasteiger partial charge in [-0.1, -0.05) is 17.7 Å². The molecule has 0 spiro atoms. The lowest BCUT2D eigenvalue weighted by molar-refractivity contribution is -0.136. The number of halogens is 1. The van der Waals surface area contributed by atoms with E-state index in [-0.39, 0.29) is 17.8 Å². The number of likely N-dealkylation sites (tertiary alicyclic amines) is 1. The summed E-state index contributed by atoms with van der Waals surface area (Å²) in [6.45, 7) is 0.838. The Hall–Kier alpha value is -3.82. The number of anilines is 2. The maximum absolute atomic E-state index is 11.9. The van der Waals surface area contributed by atoms with E-state index in [0.717, 1.165) is 24.2 Å². The molecule has 2 heterocycles. The van der Waals surface area contributed by atoms with Crippen LogP contribution in [0.1, 0.15) is 24.1 Å². The van der Waals surface area contributed by atoms with Crippen LogP contribution in [-0.4, -0.2) is 59.6 Å². The van der Waals surface area contributed by atoms with Gasteiger partial charge < -0.3 is 30.1 Å². The number of aliphatic hydroxyl groups is 1. The van der Waals surface area contributed by atoms with Crippen LogP contribution in [0.3, 0.4) is 0 Å². The van der Waals surface area contributed by atoms with Crippen molar-refractivity contribution in [2.75, 3.05) is 37.4 Å².